The van der Waals surface area contributed by atoms with Crippen molar-refractivity contribution >= 4 is 35.0 Å². The number of benzene rings is 3. The largest absolute Gasteiger partial charge is 0.507 e. The first kappa shape index (κ1) is 29.1. The molecule has 1 fully saturated rings. The minimum absolute atomic E-state index is 0. The Bertz CT molecular complexity index is 1500. The number of hydrogen-bond donors (Lipinski definition) is 2. The second kappa shape index (κ2) is 13.9. The van der Waals surface area contributed by atoms with Crippen LogP contribution in [0.15, 0.2) is 99.2 Å². The van der Waals surface area contributed by atoms with Gasteiger partial charge in [0.15, 0.2) is 0 Å². The number of carbonyl (C=O) groups is 1. The van der Waals surface area contributed by atoms with Crippen LogP contribution in [0.2, 0.25) is 0 Å². The van der Waals surface area contributed by atoms with Crippen LogP contribution >= 0.6 is 12.4 Å². The molecule has 0 spiro atoms. The number of amides is 1. The SMILES string of the molecule is Cl.O=C(Cc1ccccc1)N/N=C(/CCN1CCCC1)CC(c1ccccc1)c1c(O)c2ccccc2oc1=O. The van der Waals surface area contributed by atoms with Crippen molar-refractivity contribution < 1.29 is 14.3 Å². The van der Waals surface area contributed by atoms with E-state index in [0.29, 0.717) is 23.8 Å². The Labute approximate surface area is 239 Å². The van der Waals surface area contributed by atoms with Crippen LogP contribution in [0.4, 0.5) is 0 Å². The van der Waals surface area contributed by atoms with Crippen LogP contribution in [0.3, 0.4) is 0 Å². The standard InChI is InChI=1S/C32H33N3O4.ClH/c36-29(21-23-11-3-1-4-12-23)34-33-25(17-20-35-18-9-10-19-35)22-27(24-13-5-2-6-14-24)30-31(37)26-15-7-8-16-28(26)39-32(30)38;/h1-8,11-16,27,37H,9-10,17-22H2,(H,34,36);1H/b33-25-;. The van der Waals surface area contributed by atoms with Crippen LogP contribution in [0.5, 0.6) is 5.75 Å². The summed E-state index contributed by atoms with van der Waals surface area (Å²) in [5.74, 6) is -0.790. The Balaban J connectivity index is 0.00000370. The van der Waals surface area contributed by atoms with E-state index in [4.69, 9.17) is 4.42 Å². The Kier molecular flexibility index (Phi) is 10.1. The second-order valence-corrected chi connectivity index (χ2v) is 9.99. The molecule has 1 amide bonds. The first-order chi connectivity index (χ1) is 19.1. The third kappa shape index (κ3) is 7.17. The lowest BCUT2D eigenvalue weighted by atomic mass is 9.86. The number of nitrogens with one attached hydrogen (secondary N) is 1. The van der Waals surface area contributed by atoms with Gasteiger partial charge in [-0.15, -0.1) is 12.4 Å². The molecule has 0 aliphatic carbocycles. The fourth-order valence-electron chi connectivity index (χ4n) is 5.22. The maximum atomic E-state index is 13.2. The van der Waals surface area contributed by atoms with Crippen molar-refractivity contribution in [3.63, 3.8) is 0 Å². The minimum Gasteiger partial charge on any atom is -0.507 e. The summed E-state index contributed by atoms with van der Waals surface area (Å²) in [6, 6.07) is 26.1. The molecule has 0 bridgehead atoms. The van der Waals surface area contributed by atoms with E-state index < -0.39 is 11.5 Å². The molecule has 8 heteroatoms. The molecule has 1 aromatic heterocycles. The van der Waals surface area contributed by atoms with Gasteiger partial charge < -0.3 is 14.4 Å². The maximum absolute atomic E-state index is 13.2. The number of carbonyl (C=O) groups excluding carboxylic acids is 1. The third-order valence-corrected chi connectivity index (χ3v) is 7.27. The Hall–Kier alpha value is -3.94. The van der Waals surface area contributed by atoms with Gasteiger partial charge in [0.1, 0.15) is 11.3 Å². The number of likely N-dealkylation sites (tertiary alicyclic amines) is 1. The van der Waals surface area contributed by atoms with Crippen LogP contribution in [-0.4, -0.2) is 41.3 Å². The molecular formula is C32H34ClN3O4. The molecule has 1 atom stereocenters. The fourth-order valence-corrected chi connectivity index (χ4v) is 5.22. The third-order valence-electron chi connectivity index (χ3n) is 7.27. The molecule has 2 heterocycles. The quantitative estimate of drug-likeness (QED) is 0.149. The predicted octanol–water partition coefficient (Wildman–Crippen LogP) is 5.64. The molecule has 3 aromatic carbocycles. The number of halogens is 1. The number of rotatable bonds is 10. The highest BCUT2D eigenvalue weighted by atomic mass is 35.5. The molecule has 1 aliphatic rings. The average molecular weight is 560 g/mol. The highest BCUT2D eigenvalue weighted by molar-refractivity contribution is 5.89. The van der Waals surface area contributed by atoms with Gasteiger partial charge in [-0.3, -0.25) is 4.79 Å². The molecule has 5 rings (SSSR count). The summed E-state index contributed by atoms with van der Waals surface area (Å²) in [7, 11) is 0. The van der Waals surface area contributed by atoms with Crippen molar-refractivity contribution in [1.29, 1.82) is 0 Å². The minimum atomic E-state index is -0.577. The van der Waals surface area contributed by atoms with Crippen molar-refractivity contribution in [2.75, 3.05) is 19.6 Å². The smallest absolute Gasteiger partial charge is 0.343 e. The first-order valence-electron chi connectivity index (χ1n) is 13.5. The summed E-state index contributed by atoms with van der Waals surface area (Å²) in [6.07, 6.45) is 3.56. The van der Waals surface area contributed by atoms with E-state index in [1.807, 2.05) is 60.7 Å². The van der Waals surface area contributed by atoms with E-state index in [0.717, 1.165) is 36.5 Å². The molecule has 40 heavy (non-hydrogen) atoms. The molecule has 1 unspecified atom stereocenters. The highest BCUT2D eigenvalue weighted by Gasteiger charge is 2.27. The van der Waals surface area contributed by atoms with E-state index in [9.17, 15) is 14.7 Å². The molecular weight excluding hydrogens is 526 g/mol. The zero-order valence-electron chi connectivity index (χ0n) is 22.3. The molecule has 2 N–H and O–H groups in total. The van der Waals surface area contributed by atoms with E-state index in [2.05, 4.69) is 15.4 Å². The van der Waals surface area contributed by atoms with E-state index >= 15 is 0 Å². The van der Waals surface area contributed by atoms with Crippen LogP contribution in [0.25, 0.3) is 11.0 Å². The van der Waals surface area contributed by atoms with Gasteiger partial charge in [-0.05, 0) is 55.6 Å². The lowest BCUT2D eigenvalue weighted by Gasteiger charge is -2.21. The average Bonchev–Trinajstić information content (AvgIpc) is 3.48. The van der Waals surface area contributed by atoms with Crippen LogP contribution < -0.4 is 11.1 Å². The number of hydrogen-bond acceptors (Lipinski definition) is 6. The Morgan fingerprint density at radius 1 is 0.950 bits per heavy atom. The number of para-hydroxylation sites is 1. The summed E-state index contributed by atoms with van der Waals surface area (Å²) in [5, 5.41) is 16.3. The molecule has 1 saturated heterocycles. The summed E-state index contributed by atoms with van der Waals surface area (Å²) in [4.78, 5) is 28.4. The van der Waals surface area contributed by atoms with E-state index in [-0.39, 0.29) is 36.0 Å². The molecule has 1 aliphatic heterocycles. The van der Waals surface area contributed by atoms with Crippen molar-refractivity contribution in [3.05, 3.63) is 112 Å². The summed E-state index contributed by atoms with van der Waals surface area (Å²) in [5.41, 5.74) is 5.22. The van der Waals surface area contributed by atoms with E-state index in [1.165, 1.54) is 12.8 Å². The van der Waals surface area contributed by atoms with Gasteiger partial charge in [0, 0.05) is 24.6 Å². The monoisotopic (exact) mass is 559 g/mol. The van der Waals surface area contributed by atoms with Crippen molar-refractivity contribution in [1.82, 2.24) is 10.3 Å². The number of fused-ring (bicyclic) bond motifs is 1. The van der Waals surface area contributed by atoms with Crippen LogP contribution in [-0.2, 0) is 11.2 Å². The van der Waals surface area contributed by atoms with Crippen molar-refractivity contribution in [2.24, 2.45) is 5.10 Å². The fraction of sp³-hybridized carbons (Fsp3) is 0.281. The Morgan fingerprint density at radius 3 is 2.33 bits per heavy atom. The van der Waals surface area contributed by atoms with Crippen LogP contribution in [0.1, 0.15) is 48.3 Å². The van der Waals surface area contributed by atoms with Gasteiger partial charge in [-0.25, -0.2) is 10.2 Å². The van der Waals surface area contributed by atoms with Gasteiger partial charge >= 0.3 is 5.63 Å². The van der Waals surface area contributed by atoms with Crippen molar-refractivity contribution in [3.8, 4) is 5.75 Å². The van der Waals surface area contributed by atoms with E-state index in [1.54, 1.807) is 24.3 Å². The Morgan fingerprint density at radius 2 is 1.60 bits per heavy atom. The molecule has 0 radical (unpaired) electrons. The topological polar surface area (TPSA) is 95.1 Å². The first-order valence-corrected chi connectivity index (χ1v) is 13.5. The van der Waals surface area contributed by atoms with Crippen LogP contribution in [0, 0.1) is 0 Å². The van der Waals surface area contributed by atoms with Gasteiger partial charge in [-0.2, -0.15) is 5.10 Å². The number of hydrazone groups is 1. The molecule has 7 nitrogen and oxygen atoms in total. The number of aromatic hydroxyl groups is 1. The zero-order chi connectivity index (χ0) is 27.0. The second-order valence-electron chi connectivity index (χ2n) is 9.99. The van der Waals surface area contributed by atoms with Crippen molar-refractivity contribution in [2.45, 2.75) is 38.0 Å². The van der Waals surface area contributed by atoms with Gasteiger partial charge in [0.2, 0.25) is 5.91 Å². The highest BCUT2D eigenvalue weighted by Crippen LogP contribution is 2.36. The molecule has 0 saturated carbocycles. The maximum Gasteiger partial charge on any atom is 0.343 e. The zero-order valence-corrected chi connectivity index (χ0v) is 23.1. The van der Waals surface area contributed by atoms with Gasteiger partial charge in [0.25, 0.3) is 0 Å². The normalized spacial score (nSPS) is 14.6. The van der Waals surface area contributed by atoms with Gasteiger partial charge in [0.05, 0.1) is 17.4 Å². The summed E-state index contributed by atoms with van der Waals surface area (Å²) >= 11 is 0. The summed E-state index contributed by atoms with van der Waals surface area (Å²) < 4.78 is 5.63. The number of nitrogens with zero attached hydrogens (tertiary/aromatic N) is 2. The molecule has 4 aromatic rings. The lowest BCUT2D eigenvalue weighted by Crippen LogP contribution is -2.27. The van der Waals surface area contributed by atoms with Gasteiger partial charge in [-0.1, -0.05) is 72.8 Å². The molecule has 208 valence electrons. The lowest BCUT2D eigenvalue weighted by molar-refractivity contribution is -0.120. The summed E-state index contributed by atoms with van der Waals surface area (Å²) in [6.45, 7) is 2.91. The predicted molar refractivity (Wildman–Crippen MR) is 160 cm³/mol.